The molecule has 0 fully saturated rings. The predicted molar refractivity (Wildman–Crippen MR) is 62.5 cm³/mol. The lowest BCUT2D eigenvalue weighted by atomic mass is 10.1. The van der Waals surface area contributed by atoms with Crippen molar-refractivity contribution in [3.63, 3.8) is 0 Å². The van der Waals surface area contributed by atoms with Crippen molar-refractivity contribution in [2.45, 2.75) is 18.9 Å². The molecule has 1 aromatic rings. The van der Waals surface area contributed by atoms with E-state index in [1.807, 2.05) is 4.90 Å². The maximum Gasteiger partial charge on any atom is 0.320 e. The summed E-state index contributed by atoms with van der Waals surface area (Å²) in [5.41, 5.74) is 7.41. The minimum absolute atomic E-state index is 0.266. The normalized spacial score (nSPS) is 15.8. The first-order valence-corrected chi connectivity index (χ1v) is 5.59. The van der Waals surface area contributed by atoms with Gasteiger partial charge in [0, 0.05) is 18.8 Å². The first-order valence-electron chi connectivity index (χ1n) is 5.59. The number of hydrogen-bond donors (Lipinski definition) is 2. The van der Waals surface area contributed by atoms with Gasteiger partial charge in [0.05, 0.1) is 0 Å². The minimum Gasteiger partial charge on any atom is -0.480 e. The van der Waals surface area contributed by atoms with Crippen molar-refractivity contribution in [2.75, 3.05) is 18.0 Å². The molecular weight excluding hydrogens is 223 g/mol. The Kier molecular flexibility index (Phi) is 3.28. The van der Waals surface area contributed by atoms with Crippen LogP contribution in [0.3, 0.4) is 0 Å². The van der Waals surface area contributed by atoms with E-state index in [2.05, 4.69) is 0 Å². The lowest BCUT2D eigenvalue weighted by Gasteiger charge is -2.20. The van der Waals surface area contributed by atoms with E-state index >= 15 is 0 Å². The van der Waals surface area contributed by atoms with E-state index in [9.17, 15) is 9.18 Å². The van der Waals surface area contributed by atoms with Gasteiger partial charge in [-0.2, -0.15) is 0 Å². The third kappa shape index (κ3) is 2.55. The molecule has 2 rings (SSSR count). The van der Waals surface area contributed by atoms with Crippen molar-refractivity contribution in [1.82, 2.24) is 0 Å². The molecule has 92 valence electrons. The third-order valence-electron chi connectivity index (χ3n) is 3.07. The molecule has 0 saturated carbocycles. The van der Waals surface area contributed by atoms with Crippen molar-refractivity contribution in [3.05, 3.63) is 29.6 Å². The van der Waals surface area contributed by atoms with Gasteiger partial charge in [0.2, 0.25) is 0 Å². The Labute approximate surface area is 98.8 Å². The summed E-state index contributed by atoms with van der Waals surface area (Å²) in [7, 11) is 0. The number of nitrogens with two attached hydrogens (primary N) is 1. The van der Waals surface area contributed by atoms with Gasteiger partial charge in [-0.05, 0) is 30.5 Å². The smallest absolute Gasteiger partial charge is 0.320 e. The van der Waals surface area contributed by atoms with Gasteiger partial charge in [-0.1, -0.05) is 6.07 Å². The van der Waals surface area contributed by atoms with E-state index in [1.165, 1.54) is 12.1 Å². The molecular formula is C12H15FN2O2. The van der Waals surface area contributed by atoms with Crippen LogP contribution in [0.2, 0.25) is 0 Å². The fourth-order valence-corrected chi connectivity index (χ4v) is 2.07. The zero-order valence-electron chi connectivity index (χ0n) is 9.40. The van der Waals surface area contributed by atoms with Crippen LogP contribution < -0.4 is 10.6 Å². The monoisotopic (exact) mass is 238 g/mol. The van der Waals surface area contributed by atoms with Crippen molar-refractivity contribution in [3.8, 4) is 0 Å². The summed E-state index contributed by atoms with van der Waals surface area (Å²) in [6.45, 7) is 1.34. The SMILES string of the molecule is NC(CCN1CCc2ccc(F)cc21)C(=O)O. The quantitative estimate of drug-likeness (QED) is 0.821. The lowest BCUT2D eigenvalue weighted by Crippen LogP contribution is -2.35. The summed E-state index contributed by atoms with van der Waals surface area (Å²) in [6, 6.07) is 3.87. The molecule has 0 aromatic heterocycles. The molecule has 1 aromatic carbocycles. The number of rotatable bonds is 4. The Bertz CT molecular complexity index is 437. The number of carboxylic acids is 1. The Morgan fingerprint density at radius 3 is 3.06 bits per heavy atom. The van der Waals surface area contributed by atoms with Gasteiger partial charge in [-0.25, -0.2) is 4.39 Å². The molecule has 1 atom stereocenters. The van der Waals surface area contributed by atoms with Crippen LogP contribution in [0.1, 0.15) is 12.0 Å². The highest BCUT2D eigenvalue weighted by Crippen LogP contribution is 2.28. The van der Waals surface area contributed by atoms with Crippen LogP contribution in [-0.2, 0) is 11.2 Å². The molecule has 0 saturated heterocycles. The second-order valence-corrected chi connectivity index (χ2v) is 4.24. The van der Waals surface area contributed by atoms with Crippen LogP contribution in [0.4, 0.5) is 10.1 Å². The van der Waals surface area contributed by atoms with Gasteiger partial charge in [-0.3, -0.25) is 4.79 Å². The number of aliphatic carboxylic acids is 1. The number of hydrogen-bond acceptors (Lipinski definition) is 3. The first kappa shape index (κ1) is 11.9. The summed E-state index contributed by atoms with van der Waals surface area (Å²) in [5.74, 6) is -1.26. The molecule has 1 unspecified atom stereocenters. The molecule has 0 amide bonds. The molecule has 0 spiro atoms. The zero-order valence-corrected chi connectivity index (χ0v) is 9.40. The Balaban J connectivity index is 2.02. The summed E-state index contributed by atoms with van der Waals surface area (Å²) < 4.78 is 13.1. The standard InChI is InChI=1S/C12H15FN2O2/c13-9-2-1-8-3-5-15(11(8)7-9)6-4-10(14)12(16)17/h1-2,7,10H,3-6,14H2,(H,16,17). The maximum absolute atomic E-state index is 13.1. The topological polar surface area (TPSA) is 66.6 Å². The summed E-state index contributed by atoms with van der Waals surface area (Å²) in [5, 5.41) is 8.69. The number of fused-ring (bicyclic) bond motifs is 1. The Morgan fingerprint density at radius 2 is 2.35 bits per heavy atom. The van der Waals surface area contributed by atoms with Crippen LogP contribution in [0.25, 0.3) is 0 Å². The van der Waals surface area contributed by atoms with E-state index in [0.717, 1.165) is 24.2 Å². The average Bonchev–Trinajstić information content (AvgIpc) is 2.68. The molecule has 1 heterocycles. The highest BCUT2D eigenvalue weighted by molar-refractivity contribution is 5.73. The Morgan fingerprint density at radius 1 is 1.59 bits per heavy atom. The highest BCUT2D eigenvalue weighted by atomic mass is 19.1. The van der Waals surface area contributed by atoms with E-state index in [1.54, 1.807) is 6.07 Å². The van der Waals surface area contributed by atoms with Gasteiger partial charge in [0.15, 0.2) is 0 Å². The fourth-order valence-electron chi connectivity index (χ4n) is 2.07. The highest BCUT2D eigenvalue weighted by Gasteiger charge is 2.21. The summed E-state index contributed by atoms with van der Waals surface area (Å²) >= 11 is 0. The van der Waals surface area contributed by atoms with E-state index in [0.29, 0.717) is 13.0 Å². The van der Waals surface area contributed by atoms with Crippen LogP contribution in [0, 0.1) is 5.82 Å². The predicted octanol–water partition coefficient (Wildman–Crippen LogP) is 0.990. The molecule has 0 radical (unpaired) electrons. The van der Waals surface area contributed by atoms with Crippen LogP contribution in [0.5, 0.6) is 0 Å². The summed E-state index contributed by atoms with van der Waals surface area (Å²) in [4.78, 5) is 12.6. The number of carbonyl (C=O) groups is 1. The molecule has 0 aliphatic carbocycles. The van der Waals surface area contributed by atoms with Crippen molar-refractivity contribution in [2.24, 2.45) is 5.73 Å². The van der Waals surface area contributed by atoms with Crippen molar-refractivity contribution < 1.29 is 14.3 Å². The molecule has 5 heteroatoms. The Hall–Kier alpha value is -1.62. The molecule has 1 aliphatic rings. The van der Waals surface area contributed by atoms with Crippen molar-refractivity contribution in [1.29, 1.82) is 0 Å². The number of halogens is 1. The van der Waals surface area contributed by atoms with Gasteiger partial charge in [0.25, 0.3) is 0 Å². The number of benzene rings is 1. The van der Waals surface area contributed by atoms with Gasteiger partial charge >= 0.3 is 5.97 Å². The number of carboxylic acid groups (broad SMARTS) is 1. The van der Waals surface area contributed by atoms with E-state index in [4.69, 9.17) is 10.8 Å². The average molecular weight is 238 g/mol. The third-order valence-corrected chi connectivity index (χ3v) is 3.07. The van der Waals surface area contributed by atoms with Crippen molar-refractivity contribution >= 4 is 11.7 Å². The molecule has 3 N–H and O–H groups in total. The second-order valence-electron chi connectivity index (χ2n) is 4.24. The minimum atomic E-state index is -0.997. The maximum atomic E-state index is 13.1. The van der Waals surface area contributed by atoms with Gasteiger partial charge < -0.3 is 15.7 Å². The molecule has 4 nitrogen and oxygen atoms in total. The van der Waals surface area contributed by atoms with Gasteiger partial charge in [-0.15, -0.1) is 0 Å². The van der Waals surface area contributed by atoms with Gasteiger partial charge in [0.1, 0.15) is 11.9 Å². The zero-order chi connectivity index (χ0) is 12.4. The van der Waals surface area contributed by atoms with Crippen LogP contribution in [-0.4, -0.2) is 30.2 Å². The van der Waals surface area contributed by atoms with Crippen LogP contribution in [0.15, 0.2) is 18.2 Å². The van der Waals surface area contributed by atoms with E-state index in [-0.39, 0.29) is 5.82 Å². The fraction of sp³-hybridized carbons (Fsp3) is 0.417. The molecule has 1 aliphatic heterocycles. The molecule has 0 bridgehead atoms. The second kappa shape index (κ2) is 4.71. The number of anilines is 1. The van der Waals surface area contributed by atoms with Crippen LogP contribution >= 0.6 is 0 Å². The lowest BCUT2D eigenvalue weighted by molar-refractivity contribution is -0.138. The van der Waals surface area contributed by atoms with E-state index < -0.39 is 12.0 Å². The number of nitrogens with zero attached hydrogens (tertiary/aromatic N) is 1. The first-order chi connectivity index (χ1) is 8.08. The molecule has 17 heavy (non-hydrogen) atoms. The summed E-state index contributed by atoms with van der Waals surface area (Å²) in [6.07, 6.45) is 1.24. The largest absolute Gasteiger partial charge is 0.480 e.